The third-order valence-electron chi connectivity index (χ3n) is 20.4. The van der Waals surface area contributed by atoms with Gasteiger partial charge in [-0.15, -0.1) is 0 Å². The molecule has 688 valence electrons. The lowest BCUT2D eigenvalue weighted by Crippen LogP contribution is -2.62. The van der Waals surface area contributed by atoms with Crippen LogP contribution >= 0.6 is 12.6 Å². The number of hydrogen-bond donors (Lipinski definition) is 20. The largest absolute Gasteiger partial charge is 0.481 e. The second-order valence-electron chi connectivity index (χ2n) is 32.7. The third-order valence-corrected chi connectivity index (χ3v) is 20.8. The van der Waals surface area contributed by atoms with Crippen LogP contribution in [0.25, 0.3) is 0 Å². The number of nitrogens with two attached hydrogens (primary N) is 1. The van der Waals surface area contributed by atoms with Gasteiger partial charge in [0.05, 0.1) is 19.1 Å². The molecule has 0 radical (unpaired) electrons. The number of thiol groups is 1. The molecular formula is C87H121N15O23S. The highest BCUT2D eigenvalue weighted by atomic mass is 32.1. The molecule has 4 aromatic rings. The van der Waals surface area contributed by atoms with E-state index in [-0.39, 0.29) is 76.0 Å². The molecule has 1 fully saturated rings. The number of amides is 14. The van der Waals surface area contributed by atoms with Gasteiger partial charge in [-0.25, -0.2) is 4.79 Å². The summed E-state index contributed by atoms with van der Waals surface area (Å²) >= 11 is 4.32. The van der Waals surface area contributed by atoms with Gasteiger partial charge >= 0.3 is 23.9 Å². The molecule has 126 heavy (non-hydrogen) atoms. The normalized spacial score (nSPS) is 15.8. The van der Waals surface area contributed by atoms with Gasteiger partial charge in [-0.05, 0) is 97.8 Å². The van der Waals surface area contributed by atoms with Crippen molar-refractivity contribution in [3.05, 3.63) is 144 Å². The summed E-state index contributed by atoms with van der Waals surface area (Å²) in [7, 11) is 0. The van der Waals surface area contributed by atoms with Crippen LogP contribution < -0.4 is 74.9 Å². The zero-order valence-corrected chi connectivity index (χ0v) is 73.0. The van der Waals surface area contributed by atoms with E-state index in [9.17, 15) is 107 Å². The van der Waals surface area contributed by atoms with Crippen LogP contribution in [0.4, 0.5) is 0 Å². The molecule has 1 aliphatic rings. The summed E-state index contributed by atoms with van der Waals surface area (Å²) in [6.45, 7) is 13.4. The summed E-state index contributed by atoms with van der Waals surface area (Å²) in [5.74, 6) is -21.3. The first-order chi connectivity index (χ1) is 59.6. The van der Waals surface area contributed by atoms with Crippen molar-refractivity contribution in [1.29, 1.82) is 0 Å². The molecule has 0 aliphatic carbocycles. The van der Waals surface area contributed by atoms with E-state index in [0.29, 0.717) is 28.7 Å². The minimum Gasteiger partial charge on any atom is -0.481 e. The first-order valence-electron chi connectivity index (χ1n) is 41.8. The number of aliphatic hydroxyl groups is 1. The molecule has 0 unspecified atom stereocenters. The predicted molar refractivity (Wildman–Crippen MR) is 462 cm³/mol. The fraction of sp³-hybridized carbons (Fsp3) is 0.517. The quantitative estimate of drug-likeness (QED) is 0.0250. The van der Waals surface area contributed by atoms with E-state index in [1.165, 1.54) is 25.7 Å². The Hall–Kier alpha value is -12.4. The lowest BCUT2D eigenvalue weighted by atomic mass is 9.99. The molecule has 0 bridgehead atoms. The Labute approximate surface area is 736 Å². The maximum absolute atomic E-state index is 14.6. The number of benzene rings is 4. The van der Waals surface area contributed by atoms with Gasteiger partial charge in [0.25, 0.3) is 0 Å². The van der Waals surface area contributed by atoms with Crippen LogP contribution in [0, 0.1) is 23.7 Å². The lowest BCUT2D eigenvalue weighted by molar-refractivity contribution is -0.142. The molecule has 1 heterocycles. The zero-order valence-electron chi connectivity index (χ0n) is 72.1. The summed E-state index contributed by atoms with van der Waals surface area (Å²) in [5, 5.41) is 82.7. The van der Waals surface area contributed by atoms with Gasteiger partial charge in [0, 0.05) is 50.8 Å². The highest BCUT2D eigenvalue weighted by Gasteiger charge is 2.42. The van der Waals surface area contributed by atoms with Crippen LogP contribution in [0.2, 0.25) is 0 Å². The molecular weight excluding hydrogens is 1660 g/mol. The Morgan fingerprint density at radius 3 is 1.09 bits per heavy atom. The first-order valence-corrected chi connectivity index (χ1v) is 42.5. The van der Waals surface area contributed by atoms with Crippen LogP contribution in [-0.2, 0) is 112 Å². The maximum atomic E-state index is 14.6. The number of carbonyl (C=O) groups is 18. The van der Waals surface area contributed by atoms with Gasteiger partial charge < -0.3 is 105 Å². The van der Waals surface area contributed by atoms with Gasteiger partial charge in [-0.1, -0.05) is 177 Å². The molecule has 0 spiro atoms. The summed E-state index contributed by atoms with van der Waals surface area (Å²) in [6.07, 6.45) is -3.67. The third kappa shape index (κ3) is 35.7. The number of rotatable bonds is 53. The topological polar surface area (TPSA) is 594 Å². The minimum atomic E-state index is -1.96. The van der Waals surface area contributed by atoms with Crippen molar-refractivity contribution in [3.8, 4) is 0 Å². The minimum absolute atomic E-state index is 0.0344. The number of carboxylic acids is 4. The molecule has 14 amide bonds. The van der Waals surface area contributed by atoms with Crippen molar-refractivity contribution in [1.82, 2.24) is 74.0 Å². The van der Waals surface area contributed by atoms with E-state index in [4.69, 9.17) is 10.8 Å². The van der Waals surface area contributed by atoms with Crippen molar-refractivity contribution in [2.75, 3.05) is 18.9 Å². The van der Waals surface area contributed by atoms with E-state index >= 15 is 0 Å². The van der Waals surface area contributed by atoms with Gasteiger partial charge in [0.2, 0.25) is 82.7 Å². The molecule has 20 N–H and O–H groups in total. The average Bonchev–Trinajstić information content (AvgIpc) is 1.56. The number of aliphatic hydroxyl groups excluding tert-OH is 1. The number of carbonyl (C=O) groups excluding carboxylic acids is 14. The van der Waals surface area contributed by atoms with E-state index in [0.717, 1.165) is 0 Å². The van der Waals surface area contributed by atoms with Gasteiger partial charge in [0.15, 0.2) is 0 Å². The summed E-state index contributed by atoms with van der Waals surface area (Å²) in [5.41, 5.74) is 8.19. The van der Waals surface area contributed by atoms with E-state index in [2.05, 4.69) is 81.7 Å². The monoisotopic (exact) mass is 1780 g/mol. The fourth-order valence-electron chi connectivity index (χ4n) is 13.7. The first kappa shape index (κ1) is 104. The SMILES string of the molecule is CC(C)C[C@H](NC(=O)[C@H](C)NC(=O)[C@@H]1CCCN1C(=O)[C@H](CS)NC(=O)[C@H](Cc1ccccc1)NC(=O)[C@@H](N)CCC(=O)O)C(=O)N[C@H](C(=O)N[C@@H](CO)C(=O)N[C@@H](CCC(=O)O)C(=O)N[C@@H](CC(C)C)C(=O)N[C@@H](CC(C)C)C(=O)N[C@@H](CC(=O)O)C(=O)N[C@@H](Cc1ccccc1)C(=O)N[C@@H](Cc1ccccc1)C(=O)N[C@@H](Cc1ccccc1)C(=O)O)C(C)C. The van der Waals surface area contributed by atoms with Crippen LogP contribution in [0.1, 0.15) is 149 Å². The van der Waals surface area contributed by atoms with Crippen molar-refractivity contribution in [3.63, 3.8) is 0 Å². The zero-order chi connectivity index (χ0) is 93.6. The second kappa shape index (κ2) is 52.4. The van der Waals surface area contributed by atoms with Crippen molar-refractivity contribution in [2.45, 2.75) is 243 Å². The number of carboxylic acid groups (broad SMARTS) is 4. The molecule has 39 heteroatoms. The molecule has 4 aromatic carbocycles. The Bertz CT molecular complexity index is 4380. The van der Waals surface area contributed by atoms with Crippen molar-refractivity contribution in [2.24, 2.45) is 29.4 Å². The smallest absolute Gasteiger partial charge is 0.326 e. The molecule has 1 saturated heterocycles. The summed E-state index contributed by atoms with van der Waals surface area (Å²) in [6, 6.07) is 11.0. The van der Waals surface area contributed by atoms with Crippen LogP contribution in [0.3, 0.4) is 0 Å². The van der Waals surface area contributed by atoms with E-state index < -0.39 is 247 Å². The molecule has 0 aromatic heterocycles. The number of likely N-dealkylation sites (tertiary alicyclic amines) is 1. The summed E-state index contributed by atoms with van der Waals surface area (Å²) < 4.78 is 0. The molecule has 5 rings (SSSR count). The van der Waals surface area contributed by atoms with Crippen LogP contribution in [0.15, 0.2) is 121 Å². The molecule has 38 nitrogen and oxygen atoms in total. The standard InChI is InChI=1S/C87H121N15O23S/c1-47(2)37-58(76(113)94-59(38-48(3)4)77(114)97-64(44-71(108)109)81(118)96-62(41-53-25-16-11-17-26-53)78(115)95-63(42-54-27-18-12-19-28-54)79(116)98-65(87(124)125)43-55-29-20-13-21-30-55)93-75(112)57(33-35-70(106)107)90-83(120)66(45-103)99-85(122)72(50(7)8)101-82(119)60(39-49(5)6)91-73(110)51(9)89-84(121)68-31-22-36-102(68)86(123)67(46-126)100-80(117)61(40-52-23-14-10-15-24-52)92-74(111)56(88)32-34-69(104)105/h10-21,23-30,47-51,56-68,72,103,126H,22,31-46,88H2,1-9H3,(H,89,121)(H,90,120)(H,91,110)(H,92,111)(H,93,112)(H,94,113)(H,95,115)(H,96,118)(H,97,114)(H,98,116)(H,99,122)(H,100,117)(H,101,119)(H,104,105)(H,106,107)(H,108,109)(H,124,125)/t51-,56-,57-,58-,59-,60-,61-,62-,63-,64-,65-,66-,67-,68-,72-/m0/s1. The van der Waals surface area contributed by atoms with Gasteiger partial charge in [-0.2, -0.15) is 12.6 Å². The van der Waals surface area contributed by atoms with Crippen molar-refractivity contribution < 1.29 is 112 Å². The fourth-order valence-corrected chi connectivity index (χ4v) is 14.0. The average molecular weight is 1780 g/mol. The lowest BCUT2D eigenvalue weighted by Gasteiger charge is -2.30. The number of nitrogens with zero attached hydrogens (tertiary/aromatic N) is 1. The van der Waals surface area contributed by atoms with E-state index in [1.54, 1.807) is 163 Å². The molecule has 1 aliphatic heterocycles. The Kier molecular flexibility index (Phi) is 43.3. The Balaban J connectivity index is 1.28. The van der Waals surface area contributed by atoms with Crippen LogP contribution in [0.5, 0.6) is 0 Å². The van der Waals surface area contributed by atoms with E-state index in [1.807, 2.05) is 0 Å². The molecule has 0 saturated carbocycles. The second-order valence-corrected chi connectivity index (χ2v) is 33.1. The molecule has 15 atom stereocenters. The highest BCUT2D eigenvalue weighted by Crippen LogP contribution is 2.22. The number of nitrogens with one attached hydrogen (secondary N) is 13. The van der Waals surface area contributed by atoms with Crippen LogP contribution in [-0.4, -0.2) is 247 Å². The van der Waals surface area contributed by atoms with Gasteiger partial charge in [0.1, 0.15) is 84.6 Å². The number of aliphatic carboxylic acids is 4. The maximum Gasteiger partial charge on any atom is 0.326 e. The Morgan fingerprint density at radius 1 is 0.373 bits per heavy atom. The highest BCUT2D eigenvalue weighted by molar-refractivity contribution is 7.80. The predicted octanol–water partition coefficient (Wildman–Crippen LogP) is -0.397. The number of hydrogen-bond acceptors (Lipinski definition) is 21. The van der Waals surface area contributed by atoms with Gasteiger partial charge in [-0.3, -0.25) is 81.5 Å². The Morgan fingerprint density at radius 2 is 0.698 bits per heavy atom. The van der Waals surface area contributed by atoms with Crippen molar-refractivity contribution >= 4 is 119 Å². The summed E-state index contributed by atoms with van der Waals surface area (Å²) in [4.78, 5) is 249.